The molecule has 2 aromatic heterocycles. The fourth-order valence-electron chi connectivity index (χ4n) is 3.21. The average Bonchev–Trinajstić information content (AvgIpc) is 3.03. The lowest BCUT2D eigenvalue weighted by molar-refractivity contribution is -0.116. The number of rotatable bonds is 4. The zero-order chi connectivity index (χ0) is 20.5. The molecule has 146 valence electrons. The van der Waals surface area contributed by atoms with Crippen LogP contribution in [0.25, 0.3) is 21.3 Å². The normalized spacial score (nSPS) is 11.0. The minimum absolute atomic E-state index is 0.107. The van der Waals surface area contributed by atoms with Crippen molar-refractivity contribution >= 4 is 44.7 Å². The van der Waals surface area contributed by atoms with Gasteiger partial charge in [0.1, 0.15) is 11.4 Å². The standard InChI is InChI=1S/C22H18ClN3O2S/c1-13-3-9-17(10-4-13)25-18(27)11-26-12-24-21-20(22(26)28)19(14(2)29-21)15-5-7-16(23)8-6-15/h3-10,12H,11H2,1-2H3,(H,25,27). The van der Waals surface area contributed by atoms with Crippen molar-refractivity contribution in [2.24, 2.45) is 0 Å². The molecule has 5 nitrogen and oxygen atoms in total. The second kappa shape index (κ2) is 7.81. The van der Waals surface area contributed by atoms with Crippen molar-refractivity contribution in [1.29, 1.82) is 0 Å². The number of anilines is 1. The third-order valence-electron chi connectivity index (χ3n) is 4.64. The highest BCUT2D eigenvalue weighted by Crippen LogP contribution is 2.35. The van der Waals surface area contributed by atoms with Crippen LogP contribution in [-0.4, -0.2) is 15.5 Å². The van der Waals surface area contributed by atoms with E-state index < -0.39 is 0 Å². The molecule has 2 heterocycles. The number of aromatic nitrogens is 2. The van der Waals surface area contributed by atoms with E-state index >= 15 is 0 Å². The summed E-state index contributed by atoms with van der Waals surface area (Å²) in [5.41, 5.74) is 3.31. The topological polar surface area (TPSA) is 64.0 Å². The maximum absolute atomic E-state index is 13.2. The van der Waals surface area contributed by atoms with Crippen LogP contribution in [0.4, 0.5) is 5.69 Å². The molecule has 0 fully saturated rings. The summed E-state index contributed by atoms with van der Waals surface area (Å²) < 4.78 is 1.34. The molecule has 2 aromatic carbocycles. The molecule has 4 aromatic rings. The van der Waals surface area contributed by atoms with E-state index in [4.69, 9.17) is 11.6 Å². The lowest BCUT2D eigenvalue weighted by atomic mass is 10.0. The molecule has 0 aliphatic rings. The van der Waals surface area contributed by atoms with Crippen LogP contribution in [0, 0.1) is 13.8 Å². The molecule has 0 radical (unpaired) electrons. The van der Waals surface area contributed by atoms with Gasteiger partial charge in [0.15, 0.2) is 0 Å². The van der Waals surface area contributed by atoms with Crippen molar-refractivity contribution in [3.8, 4) is 11.1 Å². The van der Waals surface area contributed by atoms with E-state index in [0.717, 1.165) is 21.6 Å². The Balaban J connectivity index is 1.69. The number of thiophene rings is 1. The van der Waals surface area contributed by atoms with Gasteiger partial charge in [0.25, 0.3) is 5.56 Å². The maximum atomic E-state index is 13.2. The van der Waals surface area contributed by atoms with Gasteiger partial charge in [0.05, 0.1) is 11.7 Å². The fourth-order valence-corrected chi connectivity index (χ4v) is 4.34. The Morgan fingerprint density at radius 3 is 2.48 bits per heavy atom. The highest BCUT2D eigenvalue weighted by atomic mass is 35.5. The van der Waals surface area contributed by atoms with E-state index in [1.165, 1.54) is 22.2 Å². The summed E-state index contributed by atoms with van der Waals surface area (Å²) in [5, 5.41) is 3.97. The number of nitrogens with zero attached hydrogens (tertiary/aromatic N) is 2. The first-order valence-electron chi connectivity index (χ1n) is 9.03. The van der Waals surface area contributed by atoms with Crippen LogP contribution in [-0.2, 0) is 11.3 Å². The second-order valence-electron chi connectivity index (χ2n) is 6.81. The molecule has 1 amide bonds. The van der Waals surface area contributed by atoms with Crippen molar-refractivity contribution < 1.29 is 4.79 Å². The molecular weight excluding hydrogens is 406 g/mol. The monoisotopic (exact) mass is 423 g/mol. The SMILES string of the molecule is Cc1ccc(NC(=O)Cn2cnc3sc(C)c(-c4ccc(Cl)cc4)c3c2=O)cc1. The molecule has 1 N–H and O–H groups in total. The second-order valence-corrected chi connectivity index (χ2v) is 8.45. The Bertz CT molecular complexity index is 1260. The van der Waals surface area contributed by atoms with E-state index in [2.05, 4.69) is 10.3 Å². The zero-order valence-corrected chi connectivity index (χ0v) is 17.5. The largest absolute Gasteiger partial charge is 0.325 e. The summed E-state index contributed by atoms with van der Waals surface area (Å²) in [4.78, 5) is 31.7. The number of hydrogen-bond acceptors (Lipinski definition) is 4. The van der Waals surface area contributed by atoms with E-state index in [0.29, 0.717) is 20.9 Å². The molecule has 0 atom stereocenters. The Hall–Kier alpha value is -2.96. The molecule has 0 unspecified atom stereocenters. The molecule has 0 spiro atoms. The molecular formula is C22H18ClN3O2S. The van der Waals surface area contributed by atoms with Crippen molar-refractivity contribution in [3.63, 3.8) is 0 Å². The maximum Gasteiger partial charge on any atom is 0.263 e. The molecule has 29 heavy (non-hydrogen) atoms. The van der Waals surface area contributed by atoms with Gasteiger partial charge in [-0.05, 0) is 43.7 Å². The van der Waals surface area contributed by atoms with Gasteiger partial charge in [0, 0.05) is 21.2 Å². The van der Waals surface area contributed by atoms with Crippen LogP contribution < -0.4 is 10.9 Å². The van der Waals surface area contributed by atoms with Crippen molar-refractivity contribution in [1.82, 2.24) is 9.55 Å². The lowest BCUT2D eigenvalue weighted by Gasteiger charge is -2.08. The highest BCUT2D eigenvalue weighted by Gasteiger charge is 2.18. The number of hydrogen-bond donors (Lipinski definition) is 1. The Kier molecular flexibility index (Phi) is 5.22. The number of carbonyl (C=O) groups is 1. The lowest BCUT2D eigenvalue weighted by Crippen LogP contribution is -2.27. The number of benzene rings is 2. The summed E-state index contributed by atoms with van der Waals surface area (Å²) in [6.07, 6.45) is 1.43. The first-order chi connectivity index (χ1) is 13.9. The van der Waals surface area contributed by atoms with Crippen LogP contribution >= 0.6 is 22.9 Å². The van der Waals surface area contributed by atoms with Gasteiger partial charge in [-0.25, -0.2) is 4.98 Å². The van der Waals surface area contributed by atoms with E-state index in [9.17, 15) is 9.59 Å². The predicted octanol–water partition coefficient (Wildman–Crippen LogP) is 5.03. The summed E-state index contributed by atoms with van der Waals surface area (Å²) in [7, 11) is 0. The zero-order valence-electron chi connectivity index (χ0n) is 15.9. The van der Waals surface area contributed by atoms with Gasteiger partial charge in [-0.1, -0.05) is 41.4 Å². The first kappa shape index (κ1) is 19.4. The van der Waals surface area contributed by atoms with Gasteiger partial charge in [-0.2, -0.15) is 0 Å². The number of carbonyl (C=O) groups excluding carboxylic acids is 1. The molecule has 7 heteroatoms. The Morgan fingerprint density at radius 1 is 1.10 bits per heavy atom. The minimum atomic E-state index is -0.280. The van der Waals surface area contributed by atoms with Crippen LogP contribution in [0.2, 0.25) is 5.02 Å². The van der Waals surface area contributed by atoms with E-state index in [1.54, 1.807) is 12.1 Å². The molecule has 4 rings (SSSR count). The third-order valence-corrected chi connectivity index (χ3v) is 5.90. The summed E-state index contributed by atoms with van der Waals surface area (Å²) in [6, 6.07) is 14.9. The summed E-state index contributed by atoms with van der Waals surface area (Å²) >= 11 is 7.47. The molecule has 0 saturated carbocycles. The van der Waals surface area contributed by atoms with Crippen LogP contribution in [0.1, 0.15) is 10.4 Å². The number of halogens is 1. The summed E-state index contributed by atoms with van der Waals surface area (Å²) in [6.45, 7) is 3.84. The molecule has 0 saturated heterocycles. The quantitative estimate of drug-likeness (QED) is 0.500. The molecule has 0 bridgehead atoms. The summed E-state index contributed by atoms with van der Waals surface area (Å²) in [5.74, 6) is -0.280. The van der Waals surface area contributed by atoms with Crippen molar-refractivity contribution in [2.45, 2.75) is 20.4 Å². The van der Waals surface area contributed by atoms with Crippen molar-refractivity contribution in [3.05, 3.63) is 80.7 Å². The van der Waals surface area contributed by atoms with Gasteiger partial charge >= 0.3 is 0 Å². The van der Waals surface area contributed by atoms with Gasteiger partial charge in [0.2, 0.25) is 5.91 Å². The fraction of sp³-hybridized carbons (Fsp3) is 0.136. The predicted molar refractivity (Wildman–Crippen MR) is 119 cm³/mol. The van der Waals surface area contributed by atoms with Gasteiger partial charge in [-0.15, -0.1) is 11.3 Å². The number of amides is 1. The van der Waals surface area contributed by atoms with Crippen LogP contribution in [0.5, 0.6) is 0 Å². The Morgan fingerprint density at radius 2 is 1.79 bits per heavy atom. The highest BCUT2D eigenvalue weighted by molar-refractivity contribution is 7.19. The van der Waals surface area contributed by atoms with Crippen molar-refractivity contribution in [2.75, 3.05) is 5.32 Å². The average molecular weight is 424 g/mol. The first-order valence-corrected chi connectivity index (χ1v) is 10.2. The smallest absolute Gasteiger partial charge is 0.263 e. The van der Waals surface area contributed by atoms with Gasteiger partial charge < -0.3 is 5.32 Å². The molecule has 0 aliphatic carbocycles. The third kappa shape index (κ3) is 3.95. The number of fused-ring (bicyclic) bond motifs is 1. The van der Waals surface area contributed by atoms with Gasteiger partial charge in [-0.3, -0.25) is 14.2 Å². The Labute approximate surface area is 176 Å². The minimum Gasteiger partial charge on any atom is -0.325 e. The number of aryl methyl sites for hydroxylation is 2. The van der Waals surface area contributed by atoms with E-state index in [-0.39, 0.29) is 18.0 Å². The molecule has 0 aliphatic heterocycles. The van der Waals surface area contributed by atoms with Crippen LogP contribution in [0.3, 0.4) is 0 Å². The van der Waals surface area contributed by atoms with E-state index in [1.807, 2.05) is 50.2 Å². The van der Waals surface area contributed by atoms with Crippen LogP contribution in [0.15, 0.2) is 59.7 Å². The number of nitrogens with one attached hydrogen (secondary N) is 1.